The molecule has 4 heterocycles. The molecule has 618 valence electrons. The average molecular weight is 1540 g/mol. The van der Waals surface area contributed by atoms with Crippen molar-refractivity contribution < 1.29 is 132 Å². The zero-order valence-electron chi connectivity index (χ0n) is 62.8. The molecule has 4 aliphatic rings. The average Bonchev–Trinajstić information content (AvgIpc) is 1.57. The van der Waals surface area contributed by atoms with Crippen LogP contribution in [0.1, 0.15) is 194 Å². The number of aliphatic hydroxyl groups excluding tert-OH is 10. The minimum atomic E-state index is -1.47. The van der Waals surface area contributed by atoms with Gasteiger partial charge in [0.2, 0.25) is 53.2 Å². The lowest BCUT2D eigenvalue weighted by molar-refractivity contribution is -0.270. The van der Waals surface area contributed by atoms with Crippen molar-refractivity contribution in [2.24, 2.45) is 0 Å². The largest absolute Gasteiger partial charge is 0.394 e. The van der Waals surface area contributed by atoms with Crippen LogP contribution >= 0.6 is 0 Å². The molecule has 19 N–H and O–H groups in total. The van der Waals surface area contributed by atoms with E-state index in [0.29, 0.717) is 103 Å². The summed E-state index contributed by atoms with van der Waals surface area (Å²) in [5, 5.41) is 126. The number of methoxy groups -OCH3 is 1. The predicted octanol–water partition coefficient (Wildman–Crippen LogP) is -3.39. The van der Waals surface area contributed by atoms with Crippen LogP contribution in [-0.4, -0.2) is 306 Å². The van der Waals surface area contributed by atoms with E-state index in [1.54, 1.807) is 0 Å². The quantitative estimate of drug-likeness (QED) is 0.0264. The summed E-state index contributed by atoms with van der Waals surface area (Å²) in [6.45, 7) is 3.64. The van der Waals surface area contributed by atoms with Crippen molar-refractivity contribution in [3.63, 3.8) is 0 Å². The molecule has 4 saturated heterocycles. The van der Waals surface area contributed by atoms with Crippen LogP contribution in [0.5, 0.6) is 0 Å². The Labute approximate surface area is 627 Å². The Kier molecular flexibility index (Phi) is 46.9. The van der Waals surface area contributed by atoms with Crippen LogP contribution in [0.15, 0.2) is 0 Å². The second-order valence-corrected chi connectivity index (χ2v) is 28.1. The van der Waals surface area contributed by atoms with Gasteiger partial charge in [-0.15, -0.1) is 0 Å². The molecule has 0 aromatic carbocycles. The first-order valence-corrected chi connectivity index (χ1v) is 38.4. The van der Waals surface area contributed by atoms with Crippen LogP contribution in [0, 0.1) is 0 Å². The number of aliphatic hydroxyl groups is 10. The van der Waals surface area contributed by atoms with Crippen molar-refractivity contribution in [3.05, 3.63) is 0 Å². The van der Waals surface area contributed by atoms with Crippen LogP contribution in [0.4, 0.5) is 0 Å². The monoisotopic (exact) mass is 1540 g/mol. The highest BCUT2D eigenvalue weighted by molar-refractivity contribution is 5.90. The van der Waals surface area contributed by atoms with Gasteiger partial charge in [0.1, 0.15) is 91.2 Å². The molecule has 0 aliphatic carbocycles. The van der Waals surface area contributed by atoms with Gasteiger partial charge in [0.05, 0.1) is 38.6 Å². The van der Waals surface area contributed by atoms with Crippen molar-refractivity contribution in [2.75, 3.05) is 79.5 Å². The molecule has 36 heteroatoms. The first-order valence-electron chi connectivity index (χ1n) is 38.4. The maximum Gasteiger partial charge on any atom is 0.242 e. The Morgan fingerprint density at radius 3 is 1.08 bits per heavy atom. The van der Waals surface area contributed by atoms with Gasteiger partial charge in [-0.1, -0.05) is 77.0 Å². The number of amides is 9. The number of ether oxygens (including phenoxy) is 8. The summed E-state index contributed by atoms with van der Waals surface area (Å²) in [5.41, 5.74) is 0. The van der Waals surface area contributed by atoms with Crippen LogP contribution in [0.25, 0.3) is 0 Å². The molecular weight excluding hydrogens is 1410 g/mol. The normalized spacial score (nSPS) is 27.6. The highest BCUT2D eigenvalue weighted by atomic mass is 16.7. The van der Waals surface area contributed by atoms with Crippen LogP contribution in [0.3, 0.4) is 0 Å². The van der Waals surface area contributed by atoms with Gasteiger partial charge in [-0.3, -0.25) is 43.2 Å². The number of hydrogen-bond donors (Lipinski definition) is 19. The van der Waals surface area contributed by atoms with Gasteiger partial charge < -0.3 is 137 Å². The number of rotatable bonds is 55. The molecule has 4 aliphatic heterocycles. The Balaban J connectivity index is 1.30. The zero-order chi connectivity index (χ0) is 78.6. The Hall–Kier alpha value is -5.49. The predicted molar refractivity (Wildman–Crippen MR) is 381 cm³/mol. The van der Waals surface area contributed by atoms with Crippen LogP contribution < -0.4 is 47.9 Å². The third-order valence-electron chi connectivity index (χ3n) is 19.1. The van der Waals surface area contributed by atoms with Gasteiger partial charge in [0.15, 0.2) is 18.9 Å². The van der Waals surface area contributed by atoms with Gasteiger partial charge in [-0.05, 0) is 64.2 Å². The summed E-state index contributed by atoms with van der Waals surface area (Å²) in [6.07, 6.45) is -3.25. The van der Waals surface area contributed by atoms with Gasteiger partial charge in [-0.25, -0.2) is 0 Å². The standard InChI is InChI=1S/C71H127N9O27/c1-43(84)76-58-64(95)61(92)50(39-81)105-69(58)101-34-22-14-11-19-31-72-55(89)29-27-47(67(98)73-32-20-12-15-23-35-102-70-59(77-44(2)85)65(96)62(93)51(40-82)106-70)80-57(91)30-28-48(68(99)74-33-21-13-16-24-36-103-71-60(78-45(3)86)66(97)63(94)52(41-83)107-71)79-56(90)26-18-10-8-6-5-7-9-17-25-54(88)75-38-46-37-49(87)53(104-46)42-100-4/h46-53,58-66,69-71,81-83,87,92-97H,5-42H2,1-4H3,(H,72,89)(H,73,98)(H,74,99)(H,75,88)(H,76,84)(H,77,85)(H,78,86)(H,79,90)(H,80,91)/t46-,47?,48?,49+,50?,51?,52?,53-,58?,59?,60?,61?,62?,63?,64?,65?,66?,69?,70?,71?/m0/s1. The summed E-state index contributed by atoms with van der Waals surface area (Å²) < 4.78 is 45.1. The summed E-state index contributed by atoms with van der Waals surface area (Å²) >= 11 is 0. The molecule has 0 spiro atoms. The van der Waals surface area contributed by atoms with Crippen molar-refractivity contribution in [2.45, 2.75) is 316 Å². The fourth-order valence-corrected chi connectivity index (χ4v) is 13.0. The number of nitrogens with one attached hydrogen (secondary N) is 9. The Morgan fingerprint density at radius 2 is 0.710 bits per heavy atom. The molecule has 0 bridgehead atoms. The molecular formula is C71H127N9O27. The molecule has 0 aromatic heterocycles. The van der Waals surface area contributed by atoms with Gasteiger partial charge >= 0.3 is 0 Å². The lowest BCUT2D eigenvalue weighted by Gasteiger charge is -2.42. The van der Waals surface area contributed by atoms with Crippen LogP contribution in [-0.2, 0) is 81.0 Å². The summed E-state index contributed by atoms with van der Waals surface area (Å²) in [5.74, 6) is -4.06. The summed E-state index contributed by atoms with van der Waals surface area (Å²) in [6, 6.07) is -5.60. The molecule has 4 fully saturated rings. The third-order valence-corrected chi connectivity index (χ3v) is 19.1. The Bertz CT molecular complexity index is 2590. The first kappa shape index (κ1) is 93.9. The molecule has 107 heavy (non-hydrogen) atoms. The zero-order valence-corrected chi connectivity index (χ0v) is 62.8. The maximum absolute atomic E-state index is 13.9. The van der Waals surface area contributed by atoms with Gasteiger partial charge in [-0.2, -0.15) is 0 Å². The van der Waals surface area contributed by atoms with E-state index in [2.05, 4.69) is 47.9 Å². The number of carbonyl (C=O) groups excluding carboxylic acids is 9. The topological polar surface area (TPSA) is 538 Å². The van der Waals surface area contributed by atoms with E-state index in [9.17, 15) is 94.2 Å². The lowest BCUT2D eigenvalue weighted by atomic mass is 9.97. The van der Waals surface area contributed by atoms with E-state index >= 15 is 0 Å². The summed E-state index contributed by atoms with van der Waals surface area (Å²) in [4.78, 5) is 116. The molecule has 17 unspecified atom stereocenters. The van der Waals surface area contributed by atoms with E-state index < -0.39 is 183 Å². The number of unbranched alkanes of at least 4 members (excludes halogenated alkanes) is 16. The highest BCUT2D eigenvalue weighted by Gasteiger charge is 2.48. The minimum absolute atomic E-state index is 0.0713. The first-order chi connectivity index (χ1) is 51.3. The molecule has 20 atom stereocenters. The molecule has 0 radical (unpaired) electrons. The van der Waals surface area contributed by atoms with Crippen molar-refractivity contribution >= 4 is 53.2 Å². The van der Waals surface area contributed by atoms with E-state index in [0.717, 1.165) is 44.9 Å². The summed E-state index contributed by atoms with van der Waals surface area (Å²) in [7, 11) is 1.54. The molecule has 9 amide bonds. The number of carbonyl (C=O) groups is 9. The smallest absolute Gasteiger partial charge is 0.242 e. The van der Waals surface area contributed by atoms with Gasteiger partial charge in [0, 0.05) is 106 Å². The molecule has 0 aromatic rings. The van der Waals surface area contributed by atoms with E-state index in [1.165, 1.54) is 27.9 Å². The van der Waals surface area contributed by atoms with E-state index in [-0.39, 0.29) is 90.2 Å². The van der Waals surface area contributed by atoms with Crippen molar-refractivity contribution in [1.29, 1.82) is 0 Å². The molecule has 36 nitrogen and oxygen atoms in total. The fraction of sp³-hybridized carbons (Fsp3) is 0.873. The SMILES string of the molecule is COC[C@@H]1O[C@H](CNC(=O)CCCCCCCCCCC(=O)NC(CCC(=O)NC(CCC(=O)NCCCCCCOC2OC(CO)C(O)C(O)C2NC(C)=O)C(=O)NCCCCCCOC2OC(CO)C(O)C(O)C2NC(C)=O)C(=O)NCCCCCCOC2OC(CO)C(O)C(O)C2NC(C)=O)C[C@H]1O. The van der Waals surface area contributed by atoms with Crippen LogP contribution in [0.2, 0.25) is 0 Å². The van der Waals surface area contributed by atoms with E-state index in [1.807, 2.05) is 0 Å². The minimum Gasteiger partial charge on any atom is -0.394 e. The molecule has 0 saturated carbocycles. The number of hydrogen-bond acceptors (Lipinski definition) is 27. The third kappa shape index (κ3) is 36.0. The lowest BCUT2D eigenvalue weighted by Crippen LogP contribution is -2.64. The van der Waals surface area contributed by atoms with Crippen molar-refractivity contribution in [1.82, 2.24) is 47.9 Å². The van der Waals surface area contributed by atoms with Gasteiger partial charge in [0.25, 0.3) is 0 Å². The second-order valence-electron chi connectivity index (χ2n) is 28.1. The maximum atomic E-state index is 13.9. The fourth-order valence-electron chi connectivity index (χ4n) is 13.0. The van der Waals surface area contributed by atoms with E-state index in [4.69, 9.17) is 37.9 Å². The second kappa shape index (κ2) is 53.4. The Morgan fingerprint density at radius 1 is 0.383 bits per heavy atom. The molecule has 4 rings (SSSR count). The van der Waals surface area contributed by atoms with Crippen molar-refractivity contribution in [3.8, 4) is 0 Å². The highest BCUT2D eigenvalue weighted by Crippen LogP contribution is 2.27.